The number of aliphatic hydroxyl groups is 1. The van der Waals surface area contributed by atoms with Crippen LogP contribution in [0.5, 0.6) is 0 Å². The van der Waals surface area contributed by atoms with Crippen molar-refractivity contribution in [3.8, 4) is 0 Å². The first-order valence-corrected chi connectivity index (χ1v) is 8.24. The van der Waals surface area contributed by atoms with E-state index in [2.05, 4.69) is 30.3 Å². The number of hydrogen-bond donors (Lipinski definition) is 1. The third kappa shape index (κ3) is 3.67. The summed E-state index contributed by atoms with van der Waals surface area (Å²) < 4.78 is 8.15. The minimum atomic E-state index is -0.485. The average molecular weight is 294 g/mol. The fourth-order valence-corrected chi connectivity index (χ4v) is 3.39. The Kier molecular flexibility index (Phi) is 5.10. The highest BCUT2D eigenvalue weighted by Crippen LogP contribution is 2.44. The lowest BCUT2D eigenvalue weighted by atomic mass is 9.68. The van der Waals surface area contributed by atoms with Crippen LogP contribution >= 0.6 is 0 Å². The highest BCUT2D eigenvalue weighted by atomic mass is 16.5. The maximum atomic E-state index is 10.8. The molecule has 1 unspecified atom stereocenters. The molecule has 0 aliphatic heterocycles. The Morgan fingerprint density at radius 3 is 2.52 bits per heavy atom. The zero-order chi connectivity index (χ0) is 15.5. The summed E-state index contributed by atoms with van der Waals surface area (Å²) in [7, 11) is 0. The van der Waals surface area contributed by atoms with Gasteiger partial charge in [0, 0.05) is 32.0 Å². The zero-order valence-electron chi connectivity index (χ0n) is 13.9. The average Bonchev–Trinajstić information content (AvgIpc) is 2.89. The molecule has 1 fully saturated rings. The van der Waals surface area contributed by atoms with Gasteiger partial charge in [0.15, 0.2) is 0 Å². The first-order valence-electron chi connectivity index (χ1n) is 8.24. The van der Waals surface area contributed by atoms with Gasteiger partial charge in [-0.25, -0.2) is 4.98 Å². The number of imidazole rings is 1. The molecule has 0 aromatic carbocycles. The Hall–Kier alpha value is -0.870. The number of nitrogens with zero attached hydrogens (tertiary/aromatic N) is 2. The van der Waals surface area contributed by atoms with Gasteiger partial charge < -0.3 is 14.4 Å². The molecule has 4 nitrogen and oxygen atoms in total. The minimum absolute atomic E-state index is 0.363. The molecule has 1 aliphatic carbocycles. The Bertz CT molecular complexity index is 443. The Morgan fingerprint density at radius 1 is 1.29 bits per heavy atom. The van der Waals surface area contributed by atoms with E-state index in [1.54, 1.807) is 0 Å². The van der Waals surface area contributed by atoms with Crippen LogP contribution in [0.2, 0.25) is 0 Å². The van der Waals surface area contributed by atoms with Gasteiger partial charge in [-0.3, -0.25) is 0 Å². The highest BCUT2D eigenvalue weighted by molar-refractivity contribution is 5.02. The summed E-state index contributed by atoms with van der Waals surface area (Å²) in [5, 5.41) is 10.8. The lowest BCUT2D eigenvalue weighted by Gasteiger charge is -2.45. The zero-order valence-corrected chi connectivity index (χ0v) is 13.9. The summed E-state index contributed by atoms with van der Waals surface area (Å²) in [5.41, 5.74) is -0.0308. The quantitative estimate of drug-likeness (QED) is 0.876. The Labute approximate surface area is 128 Å². The molecule has 0 amide bonds. The number of aryl methyl sites for hydroxylation is 1. The maximum absolute atomic E-state index is 10.8. The van der Waals surface area contributed by atoms with Crippen molar-refractivity contribution in [2.75, 3.05) is 6.61 Å². The van der Waals surface area contributed by atoms with Crippen molar-refractivity contribution in [3.05, 3.63) is 18.2 Å². The lowest BCUT2D eigenvalue weighted by molar-refractivity contribution is -0.151. The molecule has 1 atom stereocenters. The molecule has 1 aromatic heterocycles. The van der Waals surface area contributed by atoms with E-state index in [-0.39, 0.29) is 0 Å². The molecule has 1 aliphatic rings. The van der Waals surface area contributed by atoms with E-state index in [1.165, 1.54) is 0 Å². The number of aromatic nitrogens is 2. The summed E-state index contributed by atoms with van der Waals surface area (Å²) in [6.45, 7) is 10.3. The SMILES string of the molecule is CCOC1(C(O)Cc2nccn2CC)CCC(C)(C)CC1. The van der Waals surface area contributed by atoms with E-state index in [0.29, 0.717) is 18.4 Å². The van der Waals surface area contributed by atoms with Crippen LogP contribution in [-0.2, 0) is 17.7 Å². The summed E-state index contributed by atoms with van der Waals surface area (Å²) in [6.07, 6.45) is 7.94. The van der Waals surface area contributed by atoms with Gasteiger partial charge in [-0.2, -0.15) is 0 Å². The van der Waals surface area contributed by atoms with Gasteiger partial charge in [-0.15, -0.1) is 0 Å². The fraction of sp³-hybridized carbons (Fsp3) is 0.824. The molecule has 2 rings (SSSR count). The molecule has 1 saturated carbocycles. The first kappa shape index (κ1) is 16.5. The van der Waals surface area contributed by atoms with Crippen LogP contribution in [0.15, 0.2) is 12.4 Å². The largest absolute Gasteiger partial charge is 0.390 e. The van der Waals surface area contributed by atoms with Crippen LogP contribution in [-0.4, -0.2) is 33.0 Å². The monoisotopic (exact) mass is 294 g/mol. The maximum Gasteiger partial charge on any atom is 0.111 e. The Balaban J connectivity index is 2.11. The van der Waals surface area contributed by atoms with E-state index >= 15 is 0 Å². The fourth-order valence-electron chi connectivity index (χ4n) is 3.39. The second kappa shape index (κ2) is 6.49. The summed E-state index contributed by atoms with van der Waals surface area (Å²) >= 11 is 0. The normalized spacial score (nSPS) is 22.1. The van der Waals surface area contributed by atoms with Crippen LogP contribution in [0.4, 0.5) is 0 Å². The molecule has 4 heteroatoms. The van der Waals surface area contributed by atoms with E-state index in [1.807, 2.05) is 19.3 Å². The predicted molar refractivity (Wildman–Crippen MR) is 84.2 cm³/mol. The van der Waals surface area contributed by atoms with E-state index in [0.717, 1.165) is 38.1 Å². The number of aliphatic hydroxyl groups excluding tert-OH is 1. The van der Waals surface area contributed by atoms with Crippen molar-refractivity contribution in [1.29, 1.82) is 0 Å². The minimum Gasteiger partial charge on any atom is -0.390 e. The molecular weight excluding hydrogens is 264 g/mol. The molecule has 1 aromatic rings. The predicted octanol–water partition coefficient (Wildman–Crippen LogP) is 3.18. The third-order valence-electron chi connectivity index (χ3n) is 5.01. The molecule has 0 radical (unpaired) electrons. The summed E-state index contributed by atoms with van der Waals surface area (Å²) in [4.78, 5) is 4.39. The van der Waals surface area contributed by atoms with E-state index in [4.69, 9.17) is 4.74 Å². The standard InChI is InChI=1S/C17H30N2O2/c1-5-19-12-11-18-15(19)13-14(20)17(21-6-2)9-7-16(3,4)8-10-17/h11-12,14,20H,5-10,13H2,1-4H3. The van der Waals surface area contributed by atoms with Crippen LogP contribution in [0.1, 0.15) is 59.2 Å². The van der Waals surface area contributed by atoms with Crippen molar-refractivity contribution < 1.29 is 9.84 Å². The van der Waals surface area contributed by atoms with Crippen molar-refractivity contribution in [2.24, 2.45) is 5.41 Å². The van der Waals surface area contributed by atoms with Gasteiger partial charge in [0.05, 0.1) is 11.7 Å². The molecule has 21 heavy (non-hydrogen) atoms. The van der Waals surface area contributed by atoms with Crippen LogP contribution in [0.3, 0.4) is 0 Å². The number of rotatable bonds is 6. The second-order valence-corrected chi connectivity index (χ2v) is 7.01. The topological polar surface area (TPSA) is 47.3 Å². The summed E-state index contributed by atoms with van der Waals surface area (Å²) in [5.74, 6) is 0.953. The molecular formula is C17H30N2O2. The lowest BCUT2D eigenvalue weighted by Crippen LogP contribution is -2.50. The van der Waals surface area contributed by atoms with Crippen molar-refractivity contribution in [3.63, 3.8) is 0 Å². The molecule has 1 heterocycles. The van der Waals surface area contributed by atoms with Gasteiger partial charge in [-0.05, 0) is 44.9 Å². The van der Waals surface area contributed by atoms with Crippen LogP contribution < -0.4 is 0 Å². The van der Waals surface area contributed by atoms with Gasteiger partial charge >= 0.3 is 0 Å². The third-order valence-corrected chi connectivity index (χ3v) is 5.01. The van der Waals surface area contributed by atoms with E-state index in [9.17, 15) is 5.11 Å². The Morgan fingerprint density at radius 2 is 1.95 bits per heavy atom. The molecule has 0 spiro atoms. The summed E-state index contributed by atoms with van der Waals surface area (Å²) in [6, 6.07) is 0. The smallest absolute Gasteiger partial charge is 0.111 e. The van der Waals surface area contributed by atoms with Gasteiger partial charge in [0.2, 0.25) is 0 Å². The van der Waals surface area contributed by atoms with Gasteiger partial charge in [0.1, 0.15) is 5.82 Å². The van der Waals surface area contributed by atoms with Crippen molar-refractivity contribution >= 4 is 0 Å². The molecule has 120 valence electrons. The molecule has 1 N–H and O–H groups in total. The second-order valence-electron chi connectivity index (χ2n) is 7.01. The highest BCUT2D eigenvalue weighted by Gasteiger charge is 2.44. The van der Waals surface area contributed by atoms with Gasteiger partial charge in [0.25, 0.3) is 0 Å². The van der Waals surface area contributed by atoms with Crippen LogP contribution in [0, 0.1) is 5.41 Å². The molecule has 0 bridgehead atoms. The van der Waals surface area contributed by atoms with Crippen molar-refractivity contribution in [1.82, 2.24) is 9.55 Å². The number of ether oxygens (including phenoxy) is 1. The van der Waals surface area contributed by atoms with Gasteiger partial charge in [-0.1, -0.05) is 13.8 Å². The van der Waals surface area contributed by atoms with Crippen molar-refractivity contribution in [2.45, 2.75) is 78.0 Å². The molecule has 0 saturated heterocycles. The van der Waals surface area contributed by atoms with E-state index < -0.39 is 11.7 Å². The van der Waals surface area contributed by atoms with Crippen LogP contribution in [0.25, 0.3) is 0 Å². The number of hydrogen-bond acceptors (Lipinski definition) is 3. The first-order chi connectivity index (χ1) is 9.92.